The Morgan fingerprint density at radius 3 is 2.00 bits per heavy atom. The lowest BCUT2D eigenvalue weighted by atomic mass is 10.0. The molecule has 2 aromatic carbocycles. The molecule has 3 nitrogen and oxygen atoms in total. The molecule has 2 aromatic rings. The first kappa shape index (κ1) is 13.7. The Balaban J connectivity index is 2.23. The quantitative estimate of drug-likeness (QED) is 0.680. The van der Waals surface area contributed by atoms with Crippen LogP contribution in [0.15, 0.2) is 66.2 Å². The summed E-state index contributed by atoms with van der Waals surface area (Å²) in [5.74, 6) is -1.39. The normalized spacial score (nSPS) is 11.2. The van der Waals surface area contributed by atoms with Crippen molar-refractivity contribution in [1.82, 2.24) is 0 Å². The molecule has 1 N–H and O–H groups in total. The van der Waals surface area contributed by atoms with Gasteiger partial charge in [-0.15, -0.1) is 0 Å². The number of carbonyl (C=O) groups is 2. The summed E-state index contributed by atoms with van der Waals surface area (Å²) in [7, 11) is 0. The fraction of sp³-hybridized carbons (Fsp3) is 0.0588. The van der Waals surface area contributed by atoms with Gasteiger partial charge in [-0.1, -0.05) is 54.6 Å². The van der Waals surface area contributed by atoms with E-state index in [1.54, 1.807) is 12.1 Å². The summed E-state index contributed by atoms with van der Waals surface area (Å²) in [5, 5.41) is 8.75. The van der Waals surface area contributed by atoms with Crippen LogP contribution in [0.5, 0.6) is 0 Å². The first-order valence-corrected chi connectivity index (χ1v) is 6.19. The molecule has 0 aromatic heterocycles. The summed E-state index contributed by atoms with van der Waals surface area (Å²) in [4.78, 5) is 22.6. The van der Waals surface area contributed by atoms with Crippen LogP contribution >= 0.6 is 0 Å². The molecule has 0 heterocycles. The molecule has 2 rings (SSSR count). The van der Waals surface area contributed by atoms with Crippen molar-refractivity contribution >= 4 is 11.8 Å². The second-order valence-electron chi connectivity index (χ2n) is 4.44. The van der Waals surface area contributed by atoms with Crippen molar-refractivity contribution in [3.05, 3.63) is 71.8 Å². The van der Waals surface area contributed by atoms with Gasteiger partial charge in [-0.3, -0.25) is 4.79 Å². The lowest BCUT2D eigenvalue weighted by Crippen LogP contribution is -2.01. The Morgan fingerprint density at radius 2 is 1.45 bits per heavy atom. The number of ketones is 1. The van der Waals surface area contributed by atoms with Crippen LogP contribution in [-0.4, -0.2) is 16.9 Å². The highest BCUT2D eigenvalue weighted by Gasteiger charge is 2.07. The standard InChI is InChI=1S/C17H14O3/c1-12(17(19)20)11-16(18)15-9-7-14(8-10-15)13-5-3-2-4-6-13/h2-11H,1H3,(H,19,20). The number of benzene rings is 2. The van der Waals surface area contributed by atoms with Crippen LogP contribution in [0.2, 0.25) is 0 Å². The molecule has 0 spiro atoms. The van der Waals surface area contributed by atoms with Gasteiger partial charge in [0, 0.05) is 11.1 Å². The van der Waals surface area contributed by atoms with Crippen LogP contribution < -0.4 is 0 Å². The summed E-state index contributed by atoms with van der Waals surface area (Å²) in [6.07, 6.45) is 1.14. The molecule has 0 radical (unpaired) electrons. The number of carboxylic acid groups (broad SMARTS) is 1. The largest absolute Gasteiger partial charge is 0.478 e. The molecule has 0 bridgehead atoms. The number of allylic oxidation sites excluding steroid dienone is 1. The molecule has 0 aliphatic heterocycles. The third-order valence-corrected chi connectivity index (χ3v) is 2.96. The van der Waals surface area contributed by atoms with Gasteiger partial charge >= 0.3 is 5.97 Å². The number of hydrogen-bond donors (Lipinski definition) is 1. The zero-order valence-corrected chi connectivity index (χ0v) is 11.0. The number of carboxylic acids is 1. The van der Waals surface area contributed by atoms with Crippen molar-refractivity contribution in [2.75, 3.05) is 0 Å². The van der Waals surface area contributed by atoms with E-state index in [4.69, 9.17) is 5.11 Å². The Morgan fingerprint density at radius 1 is 0.900 bits per heavy atom. The summed E-state index contributed by atoms with van der Waals surface area (Å²) < 4.78 is 0. The van der Waals surface area contributed by atoms with E-state index in [9.17, 15) is 9.59 Å². The average molecular weight is 266 g/mol. The van der Waals surface area contributed by atoms with Crippen LogP contribution in [-0.2, 0) is 4.79 Å². The maximum Gasteiger partial charge on any atom is 0.331 e. The van der Waals surface area contributed by atoms with E-state index in [0.29, 0.717) is 5.56 Å². The Bertz CT molecular complexity index is 652. The number of aliphatic carboxylic acids is 1. The van der Waals surface area contributed by atoms with Gasteiger partial charge in [-0.05, 0) is 24.1 Å². The molecule has 20 heavy (non-hydrogen) atoms. The smallest absolute Gasteiger partial charge is 0.331 e. The fourth-order valence-electron chi connectivity index (χ4n) is 1.80. The maximum atomic E-state index is 11.9. The molecule has 0 amide bonds. The molecule has 100 valence electrons. The summed E-state index contributed by atoms with van der Waals surface area (Å²) in [6.45, 7) is 1.40. The third kappa shape index (κ3) is 3.20. The van der Waals surface area contributed by atoms with Crippen molar-refractivity contribution in [3.8, 4) is 11.1 Å². The summed E-state index contributed by atoms with van der Waals surface area (Å²) in [5.41, 5.74) is 2.59. The van der Waals surface area contributed by atoms with Crippen molar-refractivity contribution in [2.24, 2.45) is 0 Å². The minimum atomic E-state index is -1.08. The van der Waals surface area contributed by atoms with Gasteiger partial charge in [0.25, 0.3) is 0 Å². The highest BCUT2D eigenvalue weighted by atomic mass is 16.4. The van der Waals surface area contributed by atoms with Crippen LogP contribution in [0.4, 0.5) is 0 Å². The first-order chi connectivity index (χ1) is 9.58. The molecule has 3 heteroatoms. The van der Waals surface area contributed by atoms with Crippen LogP contribution in [0.3, 0.4) is 0 Å². The van der Waals surface area contributed by atoms with Gasteiger partial charge in [0.2, 0.25) is 0 Å². The van der Waals surface area contributed by atoms with Crippen molar-refractivity contribution in [3.63, 3.8) is 0 Å². The lowest BCUT2D eigenvalue weighted by Gasteiger charge is -2.02. The van der Waals surface area contributed by atoms with Gasteiger partial charge in [0.15, 0.2) is 5.78 Å². The molecule has 0 saturated carbocycles. The van der Waals surface area contributed by atoms with Gasteiger partial charge in [-0.2, -0.15) is 0 Å². The van der Waals surface area contributed by atoms with E-state index in [-0.39, 0.29) is 11.4 Å². The van der Waals surface area contributed by atoms with Crippen LogP contribution in [0.1, 0.15) is 17.3 Å². The van der Waals surface area contributed by atoms with E-state index < -0.39 is 5.97 Å². The monoisotopic (exact) mass is 266 g/mol. The highest BCUT2D eigenvalue weighted by molar-refractivity contribution is 6.08. The lowest BCUT2D eigenvalue weighted by molar-refractivity contribution is -0.132. The van der Waals surface area contributed by atoms with Gasteiger partial charge < -0.3 is 5.11 Å². The predicted molar refractivity (Wildman–Crippen MR) is 77.6 cm³/mol. The van der Waals surface area contributed by atoms with Gasteiger partial charge in [0.1, 0.15) is 0 Å². The highest BCUT2D eigenvalue weighted by Crippen LogP contribution is 2.19. The number of carbonyl (C=O) groups excluding carboxylic acids is 1. The van der Waals surface area contributed by atoms with Gasteiger partial charge in [0.05, 0.1) is 0 Å². The zero-order chi connectivity index (χ0) is 14.5. The number of rotatable bonds is 4. The minimum absolute atomic E-state index is 0.0298. The van der Waals surface area contributed by atoms with Crippen LogP contribution in [0, 0.1) is 0 Å². The van der Waals surface area contributed by atoms with Gasteiger partial charge in [-0.25, -0.2) is 4.79 Å². The average Bonchev–Trinajstić information content (AvgIpc) is 2.48. The van der Waals surface area contributed by atoms with E-state index in [1.165, 1.54) is 6.92 Å². The first-order valence-electron chi connectivity index (χ1n) is 6.19. The summed E-state index contributed by atoms with van der Waals surface area (Å²) >= 11 is 0. The zero-order valence-electron chi connectivity index (χ0n) is 11.0. The third-order valence-electron chi connectivity index (χ3n) is 2.96. The van der Waals surface area contributed by atoms with E-state index in [1.807, 2.05) is 42.5 Å². The fourth-order valence-corrected chi connectivity index (χ4v) is 1.80. The van der Waals surface area contributed by atoms with Crippen molar-refractivity contribution in [1.29, 1.82) is 0 Å². The molecule has 0 saturated heterocycles. The molecule has 0 aliphatic carbocycles. The minimum Gasteiger partial charge on any atom is -0.478 e. The summed E-state index contributed by atoms with van der Waals surface area (Å²) in [6, 6.07) is 16.9. The molecule has 0 fully saturated rings. The second-order valence-corrected chi connectivity index (χ2v) is 4.44. The SMILES string of the molecule is CC(=CC(=O)c1ccc(-c2ccccc2)cc1)C(=O)O. The maximum absolute atomic E-state index is 11.9. The van der Waals surface area contributed by atoms with Crippen molar-refractivity contribution in [2.45, 2.75) is 6.92 Å². The molecule has 0 atom stereocenters. The second kappa shape index (κ2) is 5.97. The molecular weight excluding hydrogens is 252 g/mol. The van der Waals surface area contributed by atoms with E-state index in [0.717, 1.165) is 17.2 Å². The van der Waals surface area contributed by atoms with E-state index >= 15 is 0 Å². The predicted octanol–water partition coefficient (Wildman–Crippen LogP) is 3.57. The van der Waals surface area contributed by atoms with E-state index in [2.05, 4.69) is 0 Å². The Labute approximate surface area is 117 Å². The molecular formula is C17H14O3. The number of hydrogen-bond acceptors (Lipinski definition) is 2. The molecule has 0 aliphatic rings. The van der Waals surface area contributed by atoms with Crippen molar-refractivity contribution < 1.29 is 14.7 Å². The topological polar surface area (TPSA) is 54.4 Å². The Kier molecular flexibility index (Phi) is 4.11. The van der Waals surface area contributed by atoms with Crippen LogP contribution in [0.25, 0.3) is 11.1 Å². The Hall–Kier alpha value is -2.68. The molecule has 0 unspecified atom stereocenters.